The number of primary sulfonamides is 1. The topological polar surface area (TPSA) is 115 Å². The monoisotopic (exact) mass is 416 g/mol. The number of carbonyl (C=O) groups is 1. The van der Waals surface area contributed by atoms with E-state index < -0.39 is 10.0 Å². The molecule has 3 aromatic rings. The van der Waals surface area contributed by atoms with Crippen LogP contribution in [0.2, 0.25) is 5.02 Å². The summed E-state index contributed by atoms with van der Waals surface area (Å²) in [6, 6.07) is 11.5. The van der Waals surface area contributed by atoms with Crippen molar-refractivity contribution in [1.29, 1.82) is 0 Å². The molecular weight excluding hydrogens is 400 g/mol. The van der Waals surface area contributed by atoms with Crippen LogP contribution >= 0.6 is 11.6 Å². The van der Waals surface area contributed by atoms with Crippen molar-refractivity contribution in [2.75, 3.05) is 5.32 Å². The molecule has 0 spiro atoms. The predicted octanol–water partition coefficient (Wildman–Crippen LogP) is 2.93. The lowest BCUT2D eigenvalue weighted by atomic mass is 10.1. The van der Waals surface area contributed by atoms with Crippen molar-refractivity contribution in [3.63, 3.8) is 0 Å². The summed E-state index contributed by atoms with van der Waals surface area (Å²) >= 11 is 6.07. The first-order chi connectivity index (χ1) is 13.2. The zero-order valence-electron chi connectivity index (χ0n) is 14.9. The van der Waals surface area contributed by atoms with Gasteiger partial charge in [0.2, 0.25) is 15.9 Å². The molecule has 0 radical (unpaired) electrons. The first kappa shape index (κ1) is 19.9. The Balaban J connectivity index is 1.90. The molecule has 2 aromatic carbocycles. The van der Waals surface area contributed by atoms with Crippen LogP contribution in [0.5, 0.6) is 0 Å². The second-order valence-electron chi connectivity index (χ2n) is 6.09. The van der Waals surface area contributed by atoms with Crippen LogP contribution in [0.4, 0.5) is 5.69 Å². The van der Waals surface area contributed by atoms with Crippen LogP contribution in [0.3, 0.4) is 0 Å². The zero-order chi connectivity index (χ0) is 20.3. The van der Waals surface area contributed by atoms with Gasteiger partial charge in [0.15, 0.2) is 0 Å². The Morgan fingerprint density at radius 2 is 1.82 bits per heavy atom. The molecule has 0 fully saturated rings. The van der Waals surface area contributed by atoms with Crippen LogP contribution < -0.4 is 10.5 Å². The highest BCUT2D eigenvalue weighted by Gasteiger charge is 2.18. The van der Waals surface area contributed by atoms with Crippen molar-refractivity contribution in [2.24, 2.45) is 5.14 Å². The Labute approximate surface area is 167 Å². The molecule has 0 bridgehead atoms. The normalized spacial score (nSPS) is 11.2. The molecule has 0 saturated heterocycles. The Morgan fingerprint density at radius 3 is 2.46 bits per heavy atom. The summed E-state index contributed by atoms with van der Waals surface area (Å²) in [7, 11) is -4.04. The second kappa shape index (κ2) is 8.05. The largest absolute Gasteiger partial charge is 0.326 e. The maximum Gasteiger partial charge on any atom is 0.238 e. The van der Waals surface area contributed by atoms with Gasteiger partial charge in [0.05, 0.1) is 11.3 Å². The number of sulfonamides is 1. The summed E-state index contributed by atoms with van der Waals surface area (Å²) in [5, 5.41) is 8.52. The van der Waals surface area contributed by atoms with E-state index in [1.165, 1.54) is 18.5 Å². The highest BCUT2D eigenvalue weighted by atomic mass is 35.5. The molecule has 9 heteroatoms. The van der Waals surface area contributed by atoms with E-state index in [4.69, 9.17) is 16.7 Å². The number of aryl methyl sites for hydroxylation is 1. The fraction of sp³-hybridized carbons (Fsp3) is 0.105. The fourth-order valence-electron chi connectivity index (χ4n) is 2.63. The molecule has 3 N–H and O–H groups in total. The van der Waals surface area contributed by atoms with Crippen LogP contribution in [0.1, 0.15) is 11.4 Å². The summed E-state index contributed by atoms with van der Waals surface area (Å²) in [6.07, 6.45) is 3.09. The van der Waals surface area contributed by atoms with Gasteiger partial charge < -0.3 is 5.32 Å². The van der Waals surface area contributed by atoms with E-state index >= 15 is 0 Å². The molecule has 0 unspecified atom stereocenters. The summed E-state index contributed by atoms with van der Waals surface area (Å²) in [6.45, 7) is 1.72. The Bertz CT molecular complexity index is 1130. The molecule has 0 aliphatic carbocycles. The maximum absolute atomic E-state index is 12.3. The Hall–Kier alpha value is -2.81. The lowest BCUT2D eigenvalue weighted by Crippen LogP contribution is -2.17. The Kier molecular flexibility index (Phi) is 5.73. The van der Waals surface area contributed by atoms with Crippen molar-refractivity contribution in [3.8, 4) is 11.1 Å². The quantitative estimate of drug-likeness (QED) is 0.663. The molecule has 0 saturated carbocycles. The lowest BCUT2D eigenvalue weighted by molar-refractivity contribution is -0.115. The van der Waals surface area contributed by atoms with Crippen molar-refractivity contribution < 1.29 is 13.2 Å². The van der Waals surface area contributed by atoms with E-state index in [9.17, 15) is 13.2 Å². The van der Waals surface area contributed by atoms with Crippen molar-refractivity contribution >= 4 is 33.2 Å². The molecule has 7 nitrogen and oxygen atoms in total. The number of aromatic nitrogens is 2. The molecule has 144 valence electrons. The number of nitrogens with one attached hydrogen (secondary N) is 1. The van der Waals surface area contributed by atoms with Gasteiger partial charge in [-0.2, -0.15) is 0 Å². The summed E-state index contributed by atoms with van der Waals surface area (Å²) in [5.74, 6) is 0.226. The summed E-state index contributed by atoms with van der Waals surface area (Å²) < 4.78 is 24.1. The van der Waals surface area contributed by atoms with Gasteiger partial charge >= 0.3 is 0 Å². The molecule has 0 aliphatic heterocycles. The highest BCUT2D eigenvalue weighted by Crippen LogP contribution is 2.29. The second-order valence-corrected chi connectivity index (χ2v) is 8.03. The minimum atomic E-state index is -4.04. The average Bonchev–Trinajstić information content (AvgIpc) is 2.64. The molecule has 28 heavy (non-hydrogen) atoms. The first-order valence-electron chi connectivity index (χ1n) is 8.23. The third kappa shape index (κ3) is 4.72. The number of nitrogens with two attached hydrogens (primary N) is 1. The molecular formula is C19H17ClN4O3S. The molecule has 1 aromatic heterocycles. The Morgan fingerprint density at radius 1 is 1.14 bits per heavy atom. The van der Waals surface area contributed by atoms with Crippen molar-refractivity contribution in [1.82, 2.24) is 9.97 Å². The molecule has 1 heterocycles. The number of hydrogen-bond donors (Lipinski definition) is 2. The standard InChI is InChI=1S/C19H17ClN4O3S/c1-12-22-10-14(11-23-12)16-7-6-15(9-18(16)28(21,26)27)24-19(25)8-13-4-2-3-5-17(13)20/h2-7,9-11H,8H2,1H3,(H,24,25)(H2,21,26,27). The van der Waals surface area contributed by atoms with Crippen LogP contribution in [-0.4, -0.2) is 24.3 Å². The average molecular weight is 417 g/mol. The molecule has 0 aliphatic rings. The van der Waals surface area contributed by atoms with E-state index in [0.717, 1.165) is 0 Å². The minimum absolute atomic E-state index is 0.0535. The van der Waals surface area contributed by atoms with Crippen LogP contribution in [0.15, 0.2) is 59.8 Å². The van der Waals surface area contributed by atoms with E-state index in [0.29, 0.717) is 33.2 Å². The molecule has 1 amide bonds. The van der Waals surface area contributed by atoms with Crippen LogP contribution in [0, 0.1) is 6.92 Å². The maximum atomic E-state index is 12.3. The third-order valence-corrected chi connectivity index (χ3v) is 5.29. The summed E-state index contributed by atoms with van der Waals surface area (Å²) in [4.78, 5) is 20.3. The number of halogens is 1. The smallest absolute Gasteiger partial charge is 0.238 e. The number of rotatable bonds is 5. The van der Waals surface area contributed by atoms with Crippen LogP contribution in [0.25, 0.3) is 11.1 Å². The van der Waals surface area contributed by atoms with Gasteiger partial charge in [-0.1, -0.05) is 35.9 Å². The van der Waals surface area contributed by atoms with Crippen molar-refractivity contribution in [3.05, 3.63) is 71.3 Å². The number of anilines is 1. The summed E-state index contributed by atoms with van der Waals surface area (Å²) in [5.41, 5.74) is 1.83. The van der Waals surface area contributed by atoms with Gasteiger partial charge in [-0.15, -0.1) is 0 Å². The van der Waals surface area contributed by atoms with Gasteiger partial charge in [0.1, 0.15) is 5.82 Å². The van der Waals surface area contributed by atoms with E-state index in [2.05, 4.69) is 15.3 Å². The highest BCUT2D eigenvalue weighted by molar-refractivity contribution is 7.89. The zero-order valence-corrected chi connectivity index (χ0v) is 16.5. The van der Waals surface area contributed by atoms with Gasteiger partial charge in [0.25, 0.3) is 0 Å². The van der Waals surface area contributed by atoms with Gasteiger partial charge in [0, 0.05) is 34.2 Å². The molecule has 0 atom stereocenters. The third-order valence-electron chi connectivity index (χ3n) is 3.97. The van der Waals surface area contributed by atoms with Gasteiger partial charge in [-0.05, 0) is 30.7 Å². The number of nitrogens with zero attached hydrogens (tertiary/aromatic N) is 2. The number of amides is 1. The minimum Gasteiger partial charge on any atom is -0.326 e. The molecule has 3 rings (SSSR count). The van der Waals surface area contributed by atoms with Gasteiger partial charge in [-0.3, -0.25) is 4.79 Å². The first-order valence-corrected chi connectivity index (χ1v) is 10.2. The lowest BCUT2D eigenvalue weighted by Gasteiger charge is -2.12. The van der Waals surface area contributed by atoms with E-state index in [1.54, 1.807) is 43.3 Å². The van der Waals surface area contributed by atoms with Gasteiger partial charge in [-0.25, -0.2) is 23.5 Å². The number of hydrogen-bond acceptors (Lipinski definition) is 5. The van der Waals surface area contributed by atoms with E-state index in [1.807, 2.05) is 0 Å². The van der Waals surface area contributed by atoms with Crippen LogP contribution in [-0.2, 0) is 21.2 Å². The van der Waals surface area contributed by atoms with E-state index in [-0.39, 0.29) is 17.2 Å². The number of benzene rings is 2. The number of carbonyl (C=O) groups excluding carboxylic acids is 1. The SMILES string of the molecule is Cc1ncc(-c2ccc(NC(=O)Cc3ccccc3Cl)cc2S(N)(=O)=O)cn1. The van der Waals surface area contributed by atoms with Crippen molar-refractivity contribution in [2.45, 2.75) is 18.2 Å². The predicted molar refractivity (Wildman–Crippen MR) is 107 cm³/mol. The fourth-order valence-corrected chi connectivity index (χ4v) is 3.61.